The molecule has 166 valence electrons. The molecule has 3 heterocycles. The van der Waals surface area contributed by atoms with Crippen LogP contribution >= 0.6 is 11.6 Å². The zero-order valence-electron chi connectivity index (χ0n) is 15.7. The highest BCUT2D eigenvalue weighted by atomic mass is 35.5. The Morgan fingerprint density at radius 2 is 1.94 bits per heavy atom. The van der Waals surface area contributed by atoms with Gasteiger partial charge in [-0.2, -0.15) is 13.2 Å². The van der Waals surface area contributed by atoms with E-state index >= 15 is 0 Å². The highest BCUT2D eigenvalue weighted by Crippen LogP contribution is 2.35. The van der Waals surface area contributed by atoms with E-state index in [2.05, 4.69) is 20.3 Å². The molecule has 0 radical (unpaired) electrons. The minimum atomic E-state index is -4.58. The number of halogens is 4. The molecule has 31 heavy (non-hydrogen) atoms. The number of anilines is 1. The third-order valence-electron chi connectivity index (χ3n) is 4.95. The second kappa shape index (κ2) is 8.20. The maximum Gasteiger partial charge on any atom is 0.417 e. The summed E-state index contributed by atoms with van der Waals surface area (Å²) in [6.07, 6.45) is -6.65. The van der Waals surface area contributed by atoms with Crippen molar-refractivity contribution in [2.24, 2.45) is 0 Å². The summed E-state index contributed by atoms with van der Waals surface area (Å²) in [5.74, 6) is 0.249. The Bertz CT molecular complexity index is 1100. The number of aliphatic hydroxyl groups excluding tert-OH is 3. The number of fused-ring (bicyclic) bond motifs is 1. The van der Waals surface area contributed by atoms with Crippen LogP contribution in [0.2, 0.25) is 5.02 Å². The smallest absolute Gasteiger partial charge is 0.394 e. The van der Waals surface area contributed by atoms with E-state index in [1.807, 2.05) is 0 Å². The fraction of sp³-hybridized carbons (Fsp3) is 0.389. The molecule has 1 aliphatic heterocycles. The van der Waals surface area contributed by atoms with Gasteiger partial charge in [0.15, 0.2) is 23.2 Å². The second-order valence-electron chi connectivity index (χ2n) is 6.94. The number of benzene rings is 1. The number of rotatable bonds is 5. The number of nitrogens with zero attached hydrogens (tertiary/aromatic N) is 4. The molecule has 4 atom stereocenters. The molecule has 0 saturated carbocycles. The number of ether oxygens (including phenoxy) is 1. The minimum absolute atomic E-state index is 0.00702. The van der Waals surface area contributed by atoms with Gasteiger partial charge in [-0.05, 0) is 17.7 Å². The molecule has 13 heteroatoms. The molecule has 1 fully saturated rings. The summed E-state index contributed by atoms with van der Waals surface area (Å²) in [6.45, 7) is -0.475. The van der Waals surface area contributed by atoms with Crippen molar-refractivity contribution in [2.75, 3.05) is 11.9 Å². The van der Waals surface area contributed by atoms with Crippen LogP contribution in [0, 0.1) is 0 Å². The Morgan fingerprint density at radius 1 is 1.16 bits per heavy atom. The van der Waals surface area contributed by atoms with E-state index < -0.39 is 47.9 Å². The van der Waals surface area contributed by atoms with Crippen LogP contribution in [-0.4, -0.2) is 59.8 Å². The molecule has 1 saturated heterocycles. The summed E-state index contributed by atoms with van der Waals surface area (Å²) in [5.41, 5.74) is -0.0639. The highest BCUT2D eigenvalue weighted by molar-refractivity contribution is 6.31. The molecule has 1 aliphatic rings. The molecule has 4 rings (SSSR count). The Morgan fingerprint density at radius 3 is 2.61 bits per heavy atom. The summed E-state index contributed by atoms with van der Waals surface area (Å²) in [7, 11) is 0. The molecule has 0 amide bonds. The first-order valence-corrected chi connectivity index (χ1v) is 9.48. The van der Waals surface area contributed by atoms with Gasteiger partial charge in [-0.1, -0.05) is 17.7 Å². The second-order valence-corrected chi connectivity index (χ2v) is 7.35. The standard InChI is InChI=1S/C18H17ClF3N5O4/c19-10-2-1-8(3-9(10)18(20,21)22)4-23-15-12-16(25-6-24-15)27(7-26-12)17-14(30)13(29)11(5-28)31-17/h1-3,6-7,11,13-14,17,28-30H,4-5H2,(H,23,24,25)/t11-,13-,14+,17-/m1/s1. The van der Waals surface area contributed by atoms with E-state index in [-0.39, 0.29) is 23.5 Å². The van der Waals surface area contributed by atoms with Crippen LogP contribution < -0.4 is 5.32 Å². The number of nitrogens with one attached hydrogen (secondary N) is 1. The Hall–Kier alpha value is -2.51. The van der Waals surface area contributed by atoms with Crippen molar-refractivity contribution >= 4 is 28.6 Å². The van der Waals surface area contributed by atoms with Gasteiger partial charge in [-0.25, -0.2) is 15.0 Å². The van der Waals surface area contributed by atoms with Crippen molar-refractivity contribution < 1.29 is 33.2 Å². The summed E-state index contributed by atoms with van der Waals surface area (Å²) in [5, 5.41) is 32.0. The van der Waals surface area contributed by atoms with Crippen molar-refractivity contribution in [2.45, 2.75) is 37.3 Å². The summed E-state index contributed by atoms with van der Waals surface area (Å²) >= 11 is 5.64. The number of alkyl halides is 3. The van der Waals surface area contributed by atoms with Crippen LogP contribution in [0.25, 0.3) is 11.2 Å². The zero-order chi connectivity index (χ0) is 22.3. The van der Waals surface area contributed by atoms with Crippen molar-refractivity contribution in [3.63, 3.8) is 0 Å². The Balaban J connectivity index is 1.58. The first-order chi connectivity index (χ1) is 14.7. The first kappa shape index (κ1) is 21.7. The van der Waals surface area contributed by atoms with E-state index in [0.717, 1.165) is 6.07 Å². The van der Waals surface area contributed by atoms with Crippen LogP contribution in [-0.2, 0) is 17.5 Å². The van der Waals surface area contributed by atoms with Gasteiger partial charge in [0.25, 0.3) is 0 Å². The van der Waals surface area contributed by atoms with Crippen molar-refractivity contribution in [3.05, 3.63) is 47.0 Å². The van der Waals surface area contributed by atoms with Gasteiger partial charge in [0.1, 0.15) is 24.6 Å². The van der Waals surface area contributed by atoms with Crippen molar-refractivity contribution in [1.29, 1.82) is 0 Å². The normalized spacial score (nSPS) is 24.1. The lowest BCUT2D eigenvalue weighted by Crippen LogP contribution is -2.33. The molecule has 0 bridgehead atoms. The molecule has 1 aromatic carbocycles. The van der Waals surface area contributed by atoms with Gasteiger partial charge < -0.3 is 25.4 Å². The van der Waals surface area contributed by atoms with Crippen molar-refractivity contribution in [1.82, 2.24) is 19.5 Å². The molecule has 0 unspecified atom stereocenters. The molecule has 9 nitrogen and oxygen atoms in total. The fourth-order valence-electron chi connectivity index (χ4n) is 3.36. The third kappa shape index (κ3) is 4.04. The average molecular weight is 460 g/mol. The molecule has 4 N–H and O–H groups in total. The summed E-state index contributed by atoms with van der Waals surface area (Å²) in [6, 6.07) is 3.58. The van der Waals surface area contributed by atoms with Crippen LogP contribution in [0.3, 0.4) is 0 Å². The third-order valence-corrected chi connectivity index (χ3v) is 5.28. The minimum Gasteiger partial charge on any atom is -0.394 e. The SMILES string of the molecule is OC[C@H]1O[C@@H](n2cnc3c(NCc4ccc(Cl)c(C(F)(F)F)c4)ncnc32)[C@@H](O)[C@@H]1O. The van der Waals surface area contributed by atoms with Gasteiger partial charge in [0, 0.05) is 6.54 Å². The average Bonchev–Trinajstić information content (AvgIpc) is 3.28. The molecular weight excluding hydrogens is 443 g/mol. The lowest BCUT2D eigenvalue weighted by molar-refractivity contribution is -0.137. The van der Waals surface area contributed by atoms with Gasteiger partial charge in [-0.15, -0.1) is 0 Å². The van der Waals surface area contributed by atoms with Crippen LogP contribution in [0.1, 0.15) is 17.4 Å². The first-order valence-electron chi connectivity index (χ1n) is 9.10. The van der Waals surface area contributed by atoms with Crippen LogP contribution in [0.15, 0.2) is 30.9 Å². The number of hydrogen-bond acceptors (Lipinski definition) is 8. The van der Waals surface area contributed by atoms with Crippen LogP contribution in [0.5, 0.6) is 0 Å². The lowest BCUT2D eigenvalue weighted by atomic mass is 10.1. The lowest BCUT2D eigenvalue weighted by Gasteiger charge is -2.16. The van der Waals surface area contributed by atoms with Crippen molar-refractivity contribution in [3.8, 4) is 0 Å². The van der Waals surface area contributed by atoms with Crippen LogP contribution in [0.4, 0.5) is 19.0 Å². The number of aromatic nitrogens is 4. The maximum absolute atomic E-state index is 13.1. The largest absolute Gasteiger partial charge is 0.417 e. The summed E-state index contributed by atoms with van der Waals surface area (Å²) in [4.78, 5) is 12.4. The fourth-order valence-corrected chi connectivity index (χ4v) is 3.59. The van der Waals surface area contributed by atoms with Gasteiger partial charge >= 0.3 is 6.18 Å². The quantitative estimate of drug-likeness (QED) is 0.454. The predicted molar refractivity (Wildman–Crippen MR) is 102 cm³/mol. The number of hydrogen-bond donors (Lipinski definition) is 4. The van der Waals surface area contributed by atoms with E-state index in [9.17, 15) is 28.5 Å². The molecule has 2 aromatic heterocycles. The maximum atomic E-state index is 13.1. The summed E-state index contributed by atoms with van der Waals surface area (Å²) < 4.78 is 46.0. The predicted octanol–water partition coefficient (Wildman–Crippen LogP) is 1.72. The number of imidazole rings is 1. The molecule has 0 aliphatic carbocycles. The van der Waals surface area contributed by atoms with Gasteiger partial charge in [0.05, 0.1) is 23.5 Å². The highest BCUT2D eigenvalue weighted by Gasteiger charge is 2.44. The Kier molecular flexibility index (Phi) is 5.75. The zero-order valence-corrected chi connectivity index (χ0v) is 16.4. The Labute approximate surface area is 178 Å². The van der Waals surface area contributed by atoms with E-state index in [4.69, 9.17) is 16.3 Å². The molecule has 0 spiro atoms. The van der Waals surface area contributed by atoms with E-state index in [1.165, 1.54) is 29.4 Å². The molecular formula is C18H17ClF3N5O4. The van der Waals surface area contributed by atoms with Gasteiger partial charge in [-0.3, -0.25) is 4.57 Å². The van der Waals surface area contributed by atoms with E-state index in [0.29, 0.717) is 5.56 Å². The van der Waals surface area contributed by atoms with Gasteiger partial charge in [0.2, 0.25) is 0 Å². The molecule has 3 aromatic rings. The monoisotopic (exact) mass is 459 g/mol. The number of aliphatic hydroxyl groups is 3. The topological polar surface area (TPSA) is 126 Å². The van der Waals surface area contributed by atoms with E-state index in [1.54, 1.807) is 0 Å².